The summed E-state index contributed by atoms with van der Waals surface area (Å²) in [4.78, 5) is 0. The summed E-state index contributed by atoms with van der Waals surface area (Å²) in [6.45, 7) is 5.93. The number of para-hydroxylation sites is 1. The summed E-state index contributed by atoms with van der Waals surface area (Å²) < 4.78 is 5.26. The second kappa shape index (κ2) is 5.49. The van der Waals surface area contributed by atoms with Crippen LogP contribution in [0.1, 0.15) is 30.9 Å². The highest BCUT2D eigenvalue weighted by Crippen LogP contribution is 2.15. The molecule has 1 heterocycles. The summed E-state index contributed by atoms with van der Waals surface area (Å²) in [6.07, 6.45) is 0.814. The smallest absolute Gasteiger partial charge is 0.145 e. The molecular weight excluding hydrogens is 226 g/mol. The number of hydrazone groups is 1. The summed E-state index contributed by atoms with van der Waals surface area (Å²) in [5.41, 5.74) is 6.75. The summed E-state index contributed by atoms with van der Waals surface area (Å²) >= 11 is 0. The van der Waals surface area contributed by atoms with Crippen molar-refractivity contribution in [2.45, 2.75) is 27.2 Å². The third-order valence-electron chi connectivity index (χ3n) is 2.74. The minimum atomic E-state index is 0.814. The minimum absolute atomic E-state index is 0.814. The lowest BCUT2D eigenvalue weighted by atomic mass is 10.1. The molecule has 0 saturated carbocycles. The molecule has 0 atom stereocenters. The number of anilines is 1. The molecule has 1 aromatic heterocycles. The van der Waals surface area contributed by atoms with Crippen molar-refractivity contribution < 1.29 is 4.52 Å². The molecule has 2 aromatic rings. The van der Waals surface area contributed by atoms with E-state index in [1.54, 1.807) is 0 Å². The summed E-state index contributed by atoms with van der Waals surface area (Å²) in [5, 5.41) is 8.35. The number of hydrogen-bond donors (Lipinski definition) is 1. The van der Waals surface area contributed by atoms with Crippen molar-refractivity contribution in [3.8, 4) is 0 Å². The Kier molecular flexibility index (Phi) is 3.77. The lowest BCUT2D eigenvalue weighted by Crippen LogP contribution is -2.03. The largest absolute Gasteiger partial charge is 0.360 e. The highest BCUT2D eigenvalue weighted by Gasteiger charge is 2.13. The predicted octanol–water partition coefficient (Wildman–Crippen LogP) is 3.38. The van der Waals surface area contributed by atoms with Gasteiger partial charge in [0.2, 0.25) is 0 Å². The lowest BCUT2D eigenvalue weighted by Gasteiger charge is -2.03. The molecule has 0 aliphatic rings. The highest BCUT2D eigenvalue weighted by molar-refractivity contribution is 6.00. The summed E-state index contributed by atoms with van der Waals surface area (Å²) in [5.74, 6) is 0.878. The summed E-state index contributed by atoms with van der Waals surface area (Å²) in [7, 11) is 0. The van der Waals surface area contributed by atoms with Crippen LogP contribution in [0.15, 0.2) is 40.0 Å². The third kappa shape index (κ3) is 2.59. The zero-order chi connectivity index (χ0) is 13.0. The Morgan fingerprint density at radius 3 is 2.72 bits per heavy atom. The van der Waals surface area contributed by atoms with Crippen LogP contribution in [0.4, 0.5) is 5.69 Å². The topological polar surface area (TPSA) is 50.4 Å². The van der Waals surface area contributed by atoms with Gasteiger partial charge in [-0.2, -0.15) is 5.10 Å². The van der Waals surface area contributed by atoms with E-state index < -0.39 is 0 Å². The van der Waals surface area contributed by atoms with Crippen molar-refractivity contribution in [2.24, 2.45) is 5.10 Å². The third-order valence-corrected chi connectivity index (χ3v) is 2.74. The van der Waals surface area contributed by atoms with Gasteiger partial charge in [-0.05, 0) is 26.0 Å². The first-order valence-corrected chi connectivity index (χ1v) is 6.03. The van der Waals surface area contributed by atoms with Gasteiger partial charge in [0.1, 0.15) is 5.76 Å². The molecule has 0 saturated heterocycles. The van der Waals surface area contributed by atoms with E-state index in [4.69, 9.17) is 4.52 Å². The van der Waals surface area contributed by atoms with Crippen LogP contribution < -0.4 is 5.43 Å². The van der Waals surface area contributed by atoms with Crippen LogP contribution in [-0.4, -0.2) is 10.9 Å². The van der Waals surface area contributed by atoms with Crippen LogP contribution in [0.25, 0.3) is 0 Å². The van der Waals surface area contributed by atoms with Gasteiger partial charge in [-0.1, -0.05) is 30.3 Å². The van der Waals surface area contributed by atoms with Crippen molar-refractivity contribution in [1.82, 2.24) is 5.16 Å². The number of benzene rings is 1. The van der Waals surface area contributed by atoms with Gasteiger partial charge in [0.25, 0.3) is 0 Å². The van der Waals surface area contributed by atoms with Gasteiger partial charge in [-0.3, -0.25) is 5.43 Å². The fraction of sp³-hybridized carbons (Fsp3) is 0.286. The van der Waals surface area contributed by atoms with Crippen LogP contribution in [-0.2, 0) is 6.42 Å². The van der Waals surface area contributed by atoms with E-state index in [1.807, 2.05) is 51.1 Å². The Balaban J connectivity index is 2.20. The van der Waals surface area contributed by atoms with Crippen molar-refractivity contribution in [3.05, 3.63) is 47.3 Å². The normalized spacial score (nSPS) is 11.6. The molecule has 0 radical (unpaired) electrons. The van der Waals surface area contributed by atoms with E-state index >= 15 is 0 Å². The van der Waals surface area contributed by atoms with Crippen molar-refractivity contribution in [2.75, 3.05) is 5.43 Å². The predicted molar refractivity (Wildman–Crippen MR) is 72.9 cm³/mol. The molecule has 0 fully saturated rings. The standard InChI is InChI=1S/C14H17N3O/c1-4-13-14(11(3)17-18-13)10(2)15-16-12-8-6-5-7-9-12/h5-9,16H,4H2,1-3H3. The number of hydrogen-bond acceptors (Lipinski definition) is 4. The SMILES string of the molecule is CCc1onc(C)c1C(C)=NNc1ccccc1. The van der Waals surface area contributed by atoms with Gasteiger partial charge < -0.3 is 4.52 Å². The molecule has 0 unspecified atom stereocenters. The van der Waals surface area contributed by atoms with Crippen LogP contribution >= 0.6 is 0 Å². The first-order valence-electron chi connectivity index (χ1n) is 6.03. The molecular formula is C14H17N3O. The molecule has 4 nitrogen and oxygen atoms in total. The number of nitrogens with one attached hydrogen (secondary N) is 1. The zero-order valence-corrected chi connectivity index (χ0v) is 10.9. The van der Waals surface area contributed by atoms with Gasteiger partial charge in [0.05, 0.1) is 22.7 Å². The number of aryl methyl sites for hydroxylation is 2. The molecule has 1 aromatic carbocycles. The van der Waals surface area contributed by atoms with Crippen LogP contribution in [0, 0.1) is 6.92 Å². The Morgan fingerprint density at radius 1 is 1.33 bits per heavy atom. The Hall–Kier alpha value is -2.10. The number of nitrogens with zero attached hydrogens (tertiary/aromatic N) is 2. The molecule has 0 aliphatic heterocycles. The first-order chi connectivity index (χ1) is 8.72. The molecule has 1 N–H and O–H groups in total. The first kappa shape index (κ1) is 12.4. The minimum Gasteiger partial charge on any atom is -0.360 e. The van der Waals surface area contributed by atoms with E-state index in [1.165, 1.54) is 0 Å². The molecule has 4 heteroatoms. The Morgan fingerprint density at radius 2 is 2.06 bits per heavy atom. The van der Waals surface area contributed by atoms with Gasteiger partial charge in [-0.25, -0.2) is 0 Å². The van der Waals surface area contributed by atoms with Crippen molar-refractivity contribution >= 4 is 11.4 Å². The molecule has 94 valence electrons. The summed E-state index contributed by atoms with van der Waals surface area (Å²) in [6, 6.07) is 9.85. The molecule has 18 heavy (non-hydrogen) atoms. The molecule has 0 spiro atoms. The van der Waals surface area contributed by atoms with Crippen molar-refractivity contribution in [3.63, 3.8) is 0 Å². The van der Waals surface area contributed by atoms with Crippen LogP contribution in [0.5, 0.6) is 0 Å². The van der Waals surface area contributed by atoms with E-state index in [0.717, 1.165) is 34.8 Å². The average Bonchev–Trinajstić information content (AvgIpc) is 2.78. The van der Waals surface area contributed by atoms with Crippen LogP contribution in [0.3, 0.4) is 0 Å². The van der Waals surface area contributed by atoms with Gasteiger partial charge in [0, 0.05) is 6.42 Å². The van der Waals surface area contributed by atoms with Crippen molar-refractivity contribution in [1.29, 1.82) is 0 Å². The van der Waals surface area contributed by atoms with E-state index in [2.05, 4.69) is 15.7 Å². The van der Waals surface area contributed by atoms with Gasteiger partial charge in [0.15, 0.2) is 0 Å². The average molecular weight is 243 g/mol. The monoisotopic (exact) mass is 243 g/mol. The Bertz CT molecular complexity index is 543. The maximum absolute atomic E-state index is 5.26. The second-order valence-electron chi connectivity index (χ2n) is 4.09. The van der Waals surface area contributed by atoms with Gasteiger partial charge in [-0.15, -0.1) is 0 Å². The maximum Gasteiger partial charge on any atom is 0.145 e. The molecule has 2 rings (SSSR count). The van der Waals surface area contributed by atoms with Gasteiger partial charge >= 0.3 is 0 Å². The molecule has 0 aliphatic carbocycles. The second-order valence-corrected chi connectivity index (χ2v) is 4.09. The van der Waals surface area contributed by atoms with Crippen LogP contribution in [0.2, 0.25) is 0 Å². The zero-order valence-electron chi connectivity index (χ0n) is 10.9. The fourth-order valence-electron chi connectivity index (χ4n) is 1.84. The van der Waals surface area contributed by atoms with E-state index in [9.17, 15) is 0 Å². The molecule has 0 amide bonds. The van der Waals surface area contributed by atoms with E-state index in [-0.39, 0.29) is 0 Å². The van der Waals surface area contributed by atoms with E-state index in [0.29, 0.717) is 0 Å². The number of aromatic nitrogens is 1. The highest BCUT2D eigenvalue weighted by atomic mass is 16.5. The fourth-order valence-corrected chi connectivity index (χ4v) is 1.84. The maximum atomic E-state index is 5.26. The lowest BCUT2D eigenvalue weighted by molar-refractivity contribution is 0.383. The quantitative estimate of drug-likeness (QED) is 0.661. The molecule has 0 bridgehead atoms. The number of rotatable bonds is 4. The Labute approximate surface area is 107 Å².